The Morgan fingerprint density at radius 3 is 2.36 bits per heavy atom. The van der Waals surface area contributed by atoms with Crippen molar-refractivity contribution in [2.75, 3.05) is 5.32 Å². The minimum Gasteiger partial charge on any atom is -0.349 e. The van der Waals surface area contributed by atoms with Crippen LogP contribution in [0.25, 0.3) is 10.1 Å². The first-order chi connectivity index (χ1) is 13.6. The maximum atomic E-state index is 12.6. The van der Waals surface area contributed by atoms with Crippen LogP contribution in [0.2, 0.25) is 5.02 Å². The van der Waals surface area contributed by atoms with Crippen LogP contribution in [0.15, 0.2) is 48.5 Å². The largest absolute Gasteiger partial charge is 0.349 e. The predicted molar refractivity (Wildman–Crippen MR) is 116 cm³/mol. The monoisotopic (exact) mass is 412 g/mol. The third-order valence-electron chi connectivity index (χ3n) is 5.09. The number of benzene rings is 2. The van der Waals surface area contributed by atoms with E-state index < -0.39 is 0 Å². The van der Waals surface area contributed by atoms with Crippen LogP contribution >= 0.6 is 22.9 Å². The predicted octanol–water partition coefficient (Wildman–Crippen LogP) is 5.87. The van der Waals surface area contributed by atoms with Crippen molar-refractivity contribution in [2.24, 2.45) is 0 Å². The summed E-state index contributed by atoms with van der Waals surface area (Å²) in [5.41, 5.74) is 1.23. The van der Waals surface area contributed by atoms with Gasteiger partial charge in [-0.25, -0.2) is 0 Å². The molecule has 0 atom stereocenters. The Morgan fingerprint density at radius 1 is 0.929 bits per heavy atom. The Morgan fingerprint density at radius 2 is 1.64 bits per heavy atom. The Bertz CT molecular complexity index is 1010. The molecule has 0 spiro atoms. The highest BCUT2D eigenvalue weighted by molar-refractivity contribution is 7.21. The fourth-order valence-electron chi connectivity index (χ4n) is 3.57. The summed E-state index contributed by atoms with van der Waals surface area (Å²) in [4.78, 5) is 25.5. The van der Waals surface area contributed by atoms with Gasteiger partial charge in [0.1, 0.15) is 4.88 Å². The number of thiophene rings is 1. The molecule has 4 rings (SSSR count). The molecule has 2 aromatic carbocycles. The molecule has 0 bridgehead atoms. The smallest absolute Gasteiger partial charge is 0.267 e. The lowest BCUT2D eigenvalue weighted by molar-refractivity contribution is 0.0927. The van der Waals surface area contributed by atoms with Crippen molar-refractivity contribution in [3.05, 3.63) is 64.0 Å². The molecule has 2 N–H and O–H groups in total. The van der Waals surface area contributed by atoms with Crippen LogP contribution in [0.5, 0.6) is 0 Å². The highest BCUT2D eigenvalue weighted by Gasteiger charge is 2.18. The lowest BCUT2D eigenvalue weighted by atomic mass is 9.95. The highest BCUT2D eigenvalue weighted by Crippen LogP contribution is 2.35. The van der Waals surface area contributed by atoms with E-state index in [1.807, 2.05) is 24.3 Å². The number of anilines is 1. The summed E-state index contributed by atoms with van der Waals surface area (Å²) >= 11 is 7.74. The highest BCUT2D eigenvalue weighted by atomic mass is 35.5. The Hall–Kier alpha value is -2.37. The van der Waals surface area contributed by atoms with Crippen molar-refractivity contribution >= 4 is 50.5 Å². The Balaban J connectivity index is 1.42. The summed E-state index contributed by atoms with van der Waals surface area (Å²) < 4.78 is 0.979. The van der Waals surface area contributed by atoms with Crippen LogP contribution in [-0.2, 0) is 0 Å². The van der Waals surface area contributed by atoms with E-state index in [2.05, 4.69) is 10.6 Å². The van der Waals surface area contributed by atoms with Gasteiger partial charge in [0.25, 0.3) is 11.8 Å². The molecule has 1 heterocycles. The normalized spacial score (nSPS) is 14.8. The van der Waals surface area contributed by atoms with Crippen molar-refractivity contribution < 1.29 is 9.59 Å². The molecule has 3 aromatic rings. The molecule has 1 aliphatic rings. The zero-order valence-corrected chi connectivity index (χ0v) is 16.9. The van der Waals surface area contributed by atoms with Gasteiger partial charge in [0, 0.05) is 27.4 Å². The van der Waals surface area contributed by atoms with Crippen LogP contribution in [0.1, 0.15) is 52.1 Å². The van der Waals surface area contributed by atoms with Crippen LogP contribution in [-0.4, -0.2) is 17.9 Å². The van der Waals surface area contributed by atoms with Gasteiger partial charge in [-0.3, -0.25) is 9.59 Å². The van der Waals surface area contributed by atoms with Crippen LogP contribution in [0.3, 0.4) is 0 Å². The summed E-state index contributed by atoms with van der Waals surface area (Å²) in [6, 6.07) is 14.9. The van der Waals surface area contributed by atoms with Gasteiger partial charge in [-0.05, 0) is 43.2 Å². The molecule has 0 unspecified atom stereocenters. The summed E-state index contributed by atoms with van der Waals surface area (Å²) in [6.45, 7) is 0. The van der Waals surface area contributed by atoms with Crippen molar-refractivity contribution in [3.8, 4) is 0 Å². The van der Waals surface area contributed by atoms with Gasteiger partial charge >= 0.3 is 0 Å². The zero-order chi connectivity index (χ0) is 19.5. The fourth-order valence-corrected chi connectivity index (χ4v) is 4.98. The first-order valence-corrected chi connectivity index (χ1v) is 10.7. The molecular formula is C22H21ClN2O2S. The van der Waals surface area contributed by atoms with Gasteiger partial charge in [-0.15, -0.1) is 11.3 Å². The topological polar surface area (TPSA) is 58.2 Å². The minimum atomic E-state index is -0.245. The van der Waals surface area contributed by atoms with Gasteiger partial charge in [-0.2, -0.15) is 0 Å². The van der Waals surface area contributed by atoms with Crippen molar-refractivity contribution in [3.63, 3.8) is 0 Å². The van der Waals surface area contributed by atoms with Gasteiger partial charge in [0.15, 0.2) is 0 Å². The molecular weight excluding hydrogens is 392 g/mol. The zero-order valence-electron chi connectivity index (χ0n) is 15.3. The lowest BCUT2D eigenvalue weighted by Crippen LogP contribution is -2.36. The molecule has 28 heavy (non-hydrogen) atoms. The maximum Gasteiger partial charge on any atom is 0.267 e. The van der Waals surface area contributed by atoms with Crippen LogP contribution in [0.4, 0.5) is 5.69 Å². The first-order valence-electron chi connectivity index (χ1n) is 9.51. The summed E-state index contributed by atoms with van der Waals surface area (Å²) in [5, 5.41) is 7.32. The van der Waals surface area contributed by atoms with Gasteiger partial charge in [-0.1, -0.05) is 49.1 Å². The second-order valence-corrected chi connectivity index (χ2v) is 8.51. The van der Waals surface area contributed by atoms with E-state index in [0.29, 0.717) is 21.2 Å². The standard InChI is InChI=1S/C22H21ClN2O2S/c23-19-17-8-4-5-9-18(17)28-20(19)22(27)25-16-12-10-14(11-13-16)21(26)24-15-6-2-1-3-7-15/h4-5,8-13,15H,1-3,6-7H2,(H,24,26)(H,25,27). The first kappa shape index (κ1) is 19.0. The van der Waals surface area contributed by atoms with E-state index in [1.54, 1.807) is 24.3 Å². The Kier molecular flexibility index (Phi) is 5.64. The number of fused-ring (bicyclic) bond motifs is 1. The van der Waals surface area contributed by atoms with Crippen LogP contribution in [0, 0.1) is 0 Å². The number of nitrogens with one attached hydrogen (secondary N) is 2. The van der Waals surface area contributed by atoms with E-state index in [0.717, 1.165) is 22.9 Å². The summed E-state index contributed by atoms with van der Waals surface area (Å²) in [6.07, 6.45) is 5.71. The van der Waals surface area contributed by atoms with Gasteiger partial charge < -0.3 is 10.6 Å². The second-order valence-electron chi connectivity index (χ2n) is 7.08. The van der Waals surface area contributed by atoms with Gasteiger partial charge in [0.05, 0.1) is 5.02 Å². The number of amides is 2. The molecule has 6 heteroatoms. The van der Waals surface area contributed by atoms with E-state index in [1.165, 1.54) is 30.6 Å². The van der Waals surface area contributed by atoms with Crippen molar-refractivity contribution in [2.45, 2.75) is 38.1 Å². The molecule has 0 aliphatic heterocycles. The molecule has 1 fully saturated rings. The molecule has 1 aliphatic carbocycles. The van der Waals surface area contributed by atoms with E-state index >= 15 is 0 Å². The van der Waals surface area contributed by atoms with E-state index in [4.69, 9.17) is 11.6 Å². The maximum absolute atomic E-state index is 12.6. The number of halogens is 1. The molecule has 1 aromatic heterocycles. The molecule has 2 amide bonds. The quantitative estimate of drug-likeness (QED) is 0.563. The average Bonchev–Trinajstić information content (AvgIpc) is 3.06. The molecule has 144 valence electrons. The number of carbonyl (C=O) groups is 2. The van der Waals surface area contributed by atoms with E-state index in [9.17, 15) is 9.59 Å². The number of carbonyl (C=O) groups excluding carboxylic acids is 2. The molecule has 4 nitrogen and oxygen atoms in total. The molecule has 0 saturated heterocycles. The number of hydrogen-bond donors (Lipinski definition) is 2. The Labute approximate surface area is 172 Å². The lowest BCUT2D eigenvalue weighted by Gasteiger charge is -2.22. The fraction of sp³-hybridized carbons (Fsp3) is 0.273. The molecule has 0 radical (unpaired) electrons. The van der Waals surface area contributed by atoms with Crippen molar-refractivity contribution in [1.29, 1.82) is 0 Å². The number of hydrogen-bond acceptors (Lipinski definition) is 3. The third-order valence-corrected chi connectivity index (χ3v) is 6.76. The minimum absolute atomic E-state index is 0.0580. The SMILES string of the molecule is O=C(NC1CCCCC1)c1ccc(NC(=O)c2sc3ccccc3c2Cl)cc1. The van der Waals surface area contributed by atoms with Crippen LogP contribution < -0.4 is 10.6 Å². The van der Waals surface area contributed by atoms with Gasteiger partial charge in [0.2, 0.25) is 0 Å². The summed E-state index contributed by atoms with van der Waals surface area (Å²) in [7, 11) is 0. The third kappa shape index (κ3) is 4.05. The number of rotatable bonds is 4. The summed E-state index contributed by atoms with van der Waals surface area (Å²) in [5.74, 6) is -0.303. The second kappa shape index (κ2) is 8.33. The molecule has 1 saturated carbocycles. The average molecular weight is 413 g/mol. The van der Waals surface area contributed by atoms with E-state index in [-0.39, 0.29) is 17.9 Å². The van der Waals surface area contributed by atoms with Crippen molar-refractivity contribution in [1.82, 2.24) is 5.32 Å².